The predicted octanol–water partition coefficient (Wildman–Crippen LogP) is 2.75. The van der Waals surface area contributed by atoms with Crippen LogP contribution < -0.4 is 9.80 Å². The smallest absolute Gasteiger partial charge is 0.159 e. The van der Waals surface area contributed by atoms with Gasteiger partial charge < -0.3 is 14.2 Å². The normalized spacial score (nSPS) is 14.8. The van der Waals surface area contributed by atoms with Gasteiger partial charge in [-0.3, -0.25) is 0 Å². The Morgan fingerprint density at radius 2 is 1.68 bits per heavy atom. The second kappa shape index (κ2) is 6.63. The van der Waals surface area contributed by atoms with Gasteiger partial charge in [-0.25, -0.2) is 19.6 Å². The van der Waals surface area contributed by atoms with Crippen LogP contribution in [0.2, 0.25) is 0 Å². The van der Waals surface area contributed by atoms with E-state index < -0.39 is 0 Å². The molecule has 5 heterocycles. The molecule has 0 amide bonds. The molecule has 0 unspecified atom stereocenters. The van der Waals surface area contributed by atoms with E-state index in [0.717, 1.165) is 66.0 Å². The standard InChI is InChI=1S/C20H21N7O/c1-14-11-15(2)27(24-14)19-12-18(22-13-23-19)25-6-8-26(9-7-25)20-16-4-10-28-17(16)3-5-21-20/h3-5,10-13H,6-9H2,1-2H3. The SMILES string of the molecule is Cc1cc(C)n(-c2cc(N3CCN(c4nccc5occc45)CC3)ncn2)n1. The molecule has 1 fully saturated rings. The molecule has 28 heavy (non-hydrogen) atoms. The lowest BCUT2D eigenvalue weighted by Crippen LogP contribution is -2.47. The van der Waals surface area contributed by atoms with Crippen molar-refractivity contribution < 1.29 is 4.42 Å². The number of pyridine rings is 1. The number of rotatable bonds is 3. The number of aryl methyl sites for hydroxylation is 2. The topological polar surface area (TPSA) is 76.1 Å². The molecule has 0 radical (unpaired) electrons. The van der Waals surface area contributed by atoms with Crippen LogP contribution in [-0.2, 0) is 0 Å². The Morgan fingerprint density at radius 3 is 2.46 bits per heavy atom. The number of aromatic nitrogens is 5. The van der Waals surface area contributed by atoms with Gasteiger partial charge in [0.2, 0.25) is 0 Å². The van der Waals surface area contributed by atoms with Gasteiger partial charge in [-0.15, -0.1) is 0 Å². The minimum absolute atomic E-state index is 0.794. The molecule has 4 aromatic heterocycles. The number of piperazine rings is 1. The quantitative estimate of drug-likeness (QED) is 0.545. The summed E-state index contributed by atoms with van der Waals surface area (Å²) in [6.07, 6.45) is 5.13. The van der Waals surface area contributed by atoms with Crippen molar-refractivity contribution in [2.45, 2.75) is 13.8 Å². The summed E-state index contributed by atoms with van der Waals surface area (Å²) in [5, 5.41) is 5.58. The molecule has 0 aliphatic carbocycles. The molecule has 1 saturated heterocycles. The van der Waals surface area contributed by atoms with Crippen molar-refractivity contribution in [3.63, 3.8) is 0 Å². The minimum atomic E-state index is 0.794. The predicted molar refractivity (Wildman–Crippen MR) is 107 cm³/mol. The molecule has 0 saturated carbocycles. The molecule has 0 spiro atoms. The molecule has 5 rings (SSSR count). The Labute approximate surface area is 162 Å². The maximum atomic E-state index is 5.50. The molecule has 0 aromatic carbocycles. The van der Waals surface area contributed by atoms with Crippen molar-refractivity contribution >= 4 is 22.6 Å². The van der Waals surface area contributed by atoms with Crippen LogP contribution >= 0.6 is 0 Å². The summed E-state index contributed by atoms with van der Waals surface area (Å²) in [6, 6.07) is 7.93. The second-order valence-electron chi connectivity index (χ2n) is 7.01. The fourth-order valence-electron chi connectivity index (χ4n) is 3.77. The third kappa shape index (κ3) is 2.87. The van der Waals surface area contributed by atoms with Gasteiger partial charge >= 0.3 is 0 Å². The van der Waals surface area contributed by atoms with Gasteiger partial charge in [-0.2, -0.15) is 5.10 Å². The Kier molecular flexibility index (Phi) is 3.96. The maximum Gasteiger partial charge on any atom is 0.159 e. The van der Waals surface area contributed by atoms with Gasteiger partial charge in [-0.05, 0) is 32.0 Å². The third-order valence-corrected chi connectivity index (χ3v) is 5.13. The first-order chi connectivity index (χ1) is 13.7. The van der Waals surface area contributed by atoms with Crippen molar-refractivity contribution in [1.82, 2.24) is 24.7 Å². The summed E-state index contributed by atoms with van der Waals surface area (Å²) >= 11 is 0. The average Bonchev–Trinajstić information content (AvgIpc) is 3.34. The van der Waals surface area contributed by atoms with E-state index in [4.69, 9.17) is 4.42 Å². The van der Waals surface area contributed by atoms with Crippen LogP contribution in [0.4, 0.5) is 11.6 Å². The van der Waals surface area contributed by atoms with Crippen LogP contribution in [0.3, 0.4) is 0 Å². The zero-order chi connectivity index (χ0) is 19.1. The van der Waals surface area contributed by atoms with E-state index in [1.807, 2.05) is 42.8 Å². The molecule has 1 aliphatic rings. The van der Waals surface area contributed by atoms with Crippen molar-refractivity contribution in [3.8, 4) is 5.82 Å². The van der Waals surface area contributed by atoms with Crippen LogP contribution in [0.15, 0.2) is 47.5 Å². The Balaban J connectivity index is 1.35. The monoisotopic (exact) mass is 375 g/mol. The summed E-state index contributed by atoms with van der Waals surface area (Å²) < 4.78 is 7.37. The van der Waals surface area contributed by atoms with Crippen LogP contribution in [0.1, 0.15) is 11.4 Å². The Hall–Kier alpha value is -3.42. The first-order valence-electron chi connectivity index (χ1n) is 9.37. The maximum absolute atomic E-state index is 5.50. The van der Waals surface area contributed by atoms with Crippen molar-refractivity contribution in [2.75, 3.05) is 36.0 Å². The number of hydrogen-bond acceptors (Lipinski definition) is 7. The third-order valence-electron chi connectivity index (χ3n) is 5.13. The van der Waals surface area contributed by atoms with Gasteiger partial charge in [0.25, 0.3) is 0 Å². The van der Waals surface area contributed by atoms with E-state index in [1.165, 1.54) is 0 Å². The number of hydrogen-bond donors (Lipinski definition) is 0. The minimum Gasteiger partial charge on any atom is -0.464 e. The van der Waals surface area contributed by atoms with E-state index in [0.29, 0.717) is 0 Å². The highest BCUT2D eigenvalue weighted by Gasteiger charge is 2.21. The van der Waals surface area contributed by atoms with Gasteiger partial charge in [-0.1, -0.05) is 0 Å². The van der Waals surface area contributed by atoms with Crippen LogP contribution in [0, 0.1) is 13.8 Å². The van der Waals surface area contributed by atoms with Crippen LogP contribution in [-0.4, -0.2) is 50.9 Å². The highest BCUT2D eigenvalue weighted by Crippen LogP contribution is 2.27. The van der Waals surface area contributed by atoms with E-state index in [9.17, 15) is 0 Å². The van der Waals surface area contributed by atoms with Crippen LogP contribution in [0.25, 0.3) is 16.8 Å². The van der Waals surface area contributed by atoms with E-state index in [1.54, 1.807) is 18.8 Å². The lowest BCUT2D eigenvalue weighted by Gasteiger charge is -2.36. The summed E-state index contributed by atoms with van der Waals surface area (Å²) in [5.74, 6) is 2.70. The molecular formula is C20H21N7O. The molecule has 0 atom stereocenters. The van der Waals surface area contributed by atoms with Crippen molar-refractivity contribution in [1.29, 1.82) is 0 Å². The molecular weight excluding hydrogens is 354 g/mol. The lowest BCUT2D eigenvalue weighted by molar-refractivity contribution is 0.614. The molecule has 0 N–H and O–H groups in total. The van der Waals surface area contributed by atoms with E-state index in [2.05, 4.69) is 29.9 Å². The van der Waals surface area contributed by atoms with E-state index in [-0.39, 0.29) is 0 Å². The van der Waals surface area contributed by atoms with E-state index >= 15 is 0 Å². The largest absolute Gasteiger partial charge is 0.464 e. The Bertz CT molecular complexity index is 1120. The van der Waals surface area contributed by atoms with Gasteiger partial charge in [0.15, 0.2) is 5.82 Å². The van der Waals surface area contributed by atoms with Crippen molar-refractivity contribution in [2.24, 2.45) is 0 Å². The molecule has 8 nitrogen and oxygen atoms in total. The highest BCUT2D eigenvalue weighted by atomic mass is 16.3. The average molecular weight is 375 g/mol. The number of fused-ring (bicyclic) bond motifs is 1. The molecule has 142 valence electrons. The fourth-order valence-corrected chi connectivity index (χ4v) is 3.77. The number of anilines is 2. The lowest BCUT2D eigenvalue weighted by atomic mass is 10.2. The first-order valence-corrected chi connectivity index (χ1v) is 9.37. The zero-order valence-corrected chi connectivity index (χ0v) is 15.9. The zero-order valence-electron chi connectivity index (χ0n) is 15.9. The van der Waals surface area contributed by atoms with Crippen molar-refractivity contribution in [3.05, 3.63) is 54.4 Å². The summed E-state index contributed by atoms with van der Waals surface area (Å²) in [4.78, 5) is 18.1. The number of furan rings is 1. The highest BCUT2D eigenvalue weighted by molar-refractivity contribution is 5.88. The fraction of sp³-hybridized carbons (Fsp3) is 0.300. The first kappa shape index (κ1) is 16.7. The summed E-state index contributed by atoms with van der Waals surface area (Å²) in [6.45, 7) is 7.49. The van der Waals surface area contributed by atoms with Gasteiger partial charge in [0, 0.05) is 44.1 Å². The molecule has 0 bridgehead atoms. The number of nitrogens with zero attached hydrogens (tertiary/aromatic N) is 7. The van der Waals surface area contributed by atoms with Crippen LogP contribution in [0.5, 0.6) is 0 Å². The van der Waals surface area contributed by atoms with Gasteiger partial charge in [0.05, 0.1) is 17.3 Å². The molecule has 8 heteroatoms. The Morgan fingerprint density at radius 1 is 0.893 bits per heavy atom. The molecule has 1 aliphatic heterocycles. The second-order valence-corrected chi connectivity index (χ2v) is 7.01. The molecule has 4 aromatic rings. The van der Waals surface area contributed by atoms with Gasteiger partial charge in [0.1, 0.15) is 23.5 Å². The summed E-state index contributed by atoms with van der Waals surface area (Å²) in [7, 11) is 0. The summed E-state index contributed by atoms with van der Waals surface area (Å²) in [5.41, 5.74) is 2.91.